The molecule has 6 rings (SSSR count). The molecule has 0 aromatic heterocycles. The topological polar surface area (TPSA) is 113 Å². The maximum absolute atomic E-state index is 15.0. The van der Waals surface area contributed by atoms with E-state index in [9.17, 15) is 14.4 Å². The van der Waals surface area contributed by atoms with Crippen molar-refractivity contribution in [3.8, 4) is 5.75 Å². The SMILES string of the molecule is CCOC(=O)C1=NN(c2ccc(OC)cc2)C2(N3CCOCC3)C(=O)N(c3ccc(N4CCOCC4=O)cc3)CCC12. The van der Waals surface area contributed by atoms with Crippen molar-refractivity contribution in [2.75, 3.05) is 81.1 Å². The molecule has 3 fully saturated rings. The molecule has 2 amide bonds. The van der Waals surface area contributed by atoms with Gasteiger partial charge in [-0.05, 0) is 61.9 Å². The Bertz CT molecular complexity index is 1360. The first-order valence-corrected chi connectivity index (χ1v) is 14.3. The van der Waals surface area contributed by atoms with E-state index in [4.69, 9.17) is 24.0 Å². The van der Waals surface area contributed by atoms with Crippen LogP contribution in [0.15, 0.2) is 53.6 Å². The molecule has 2 atom stereocenters. The predicted molar refractivity (Wildman–Crippen MR) is 155 cm³/mol. The van der Waals surface area contributed by atoms with Crippen molar-refractivity contribution in [1.82, 2.24) is 4.90 Å². The lowest BCUT2D eigenvalue weighted by atomic mass is 9.79. The van der Waals surface area contributed by atoms with E-state index in [-0.39, 0.29) is 30.7 Å². The highest BCUT2D eigenvalue weighted by Gasteiger charge is 2.65. The van der Waals surface area contributed by atoms with Crippen molar-refractivity contribution < 1.29 is 33.3 Å². The minimum Gasteiger partial charge on any atom is -0.497 e. The number of hydrogen-bond acceptors (Lipinski definition) is 10. The Hall–Kier alpha value is -4.00. The van der Waals surface area contributed by atoms with Crippen molar-refractivity contribution in [2.24, 2.45) is 11.0 Å². The fourth-order valence-corrected chi connectivity index (χ4v) is 6.34. The summed E-state index contributed by atoms with van der Waals surface area (Å²) in [7, 11) is 1.59. The third-order valence-corrected chi connectivity index (χ3v) is 8.30. The fourth-order valence-electron chi connectivity index (χ4n) is 6.34. The van der Waals surface area contributed by atoms with Crippen LogP contribution in [0.3, 0.4) is 0 Å². The predicted octanol–water partition coefficient (Wildman–Crippen LogP) is 1.88. The molecule has 0 N–H and O–H groups in total. The van der Waals surface area contributed by atoms with E-state index in [1.807, 2.05) is 48.5 Å². The highest BCUT2D eigenvalue weighted by atomic mass is 16.5. The molecule has 3 saturated heterocycles. The van der Waals surface area contributed by atoms with Gasteiger partial charge in [-0.3, -0.25) is 14.5 Å². The molecular weight excluding hydrogens is 542 g/mol. The second-order valence-corrected chi connectivity index (χ2v) is 10.5. The number of morpholine rings is 2. The smallest absolute Gasteiger partial charge is 0.354 e. The lowest BCUT2D eigenvalue weighted by Gasteiger charge is -2.53. The monoisotopic (exact) mass is 577 g/mol. The van der Waals surface area contributed by atoms with Crippen LogP contribution in [-0.2, 0) is 28.6 Å². The van der Waals surface area contributed by atoms with Crippen molar-refractivity contribution >= 4 is 40.6 Å². The summed E-state index contributed by atoms with van der Waals surface area (Å²) in [5.41, 5.74) is 1.05. The van der Waals surface area contributed by atoms with Gasteiger partial charge in [0.25, 0.3) is 11.8 Å². The second-order valence-electron chi connectivity index (χ2n) is 10.5. The molecule has 4 heterocycles. The Morgan fingerprint density at radius 3 is 2.19 bits per heavy atom. The zero-order valence-electron chi connectivity index (χ0n) is 23.9. The number of carbonyl (C=O) groups is 3. The van der Waals surface area contributed by atoms with Gasteiger partial charge in [-0.1, -0.05) is 0 Å². The summed E-state index contributed by atoms with van der Waals surface area (Å²) in [6, 6.07) is 14.8. The number of nitrogens with zero attached hydrogens (tertiary/aromatic N) is 5. The quantitative estimate of drug-likeness (QED) is 0.455. The maximum atomic E-state index is 15.0. The van der Waals surface area contributed by atoms with Gasteiger partial charge in [0.1, 0.15) is 12.4 Å². The largest absolute Gasteiger partial charge is 0.497 e. The lowest BCUT2D eigenvalue weighted by molar-refractivity contribution is -0.140. The standard InChI is InChI=1S/C30H35N5O7/c1-3-42-28(37)27-25-12-13-34(22-6-4-21(5-7-22)33-16-19-41-20-26(33)36)29(38)30(25,32-14-17-40-18-15-32)35(31-27)23-8-10-24(39-2)11-9-23/h4-11,25H,3,12-20H2,1-2H3. The van der Waals surface area contributed by atoms with Crippen LogP contribution in [0, 0.1) is 5.92 Å². The summed E-state index contributed by atoms with van der Waals surface area (Å²) in [6.07, 6.45) is 0.497. The fraction of sp³-hybridized carbons (Fsp3) is 0.467. The summed E-state index contributed by atoms with van der Waals surface area (Å²) in [4.78, 5) is 46.2. The molecule has 4 aliphatic heterocycles. The molecule has 4 aliphatic rings. The van der Waals surface area contributed by atoms with E-state index in [0.29, 0.717) is 69.5 Å². The normalized spacial score (nSPS) is 24.9. The number of piperidine rings is 1. The van der Waals surface area contributed by atoms with Gasteiger partial charge >= 0.3 is 5.97 Å². The first-order valence-electron chi connectivity index (χ1n) is 14.3. The number of hydrazone groups is 1. The van der Waals surface area contributed by atoms with Gasteiger partial charge in [-0.15, -0.1) is 0 Å². The van der Waals surface area contributed by atoms with Crippen LogP contribution in [0.4, 0.5) is 17.1 Å². The van der Waals surface area contributed by atoms with Crippen LogP contribution in [0.5, 0.6) is 5.75 Å². The number of amides is 2. The van der Waals surface area contributed by atoms with E-state index in [2.05, 4.69) is 4.90 Å². The number of methoxy groups -OCH3 is 1. The number of rotatable bonds is 7. The molecule has 0 aliphatic carbocycles. The van der Waals surface area contributed by atoms with E-state index in [1.54, 1.807) is 28.8 Å². The van der Waals surface area contributed by atoms with Crippen LogP contribution >= 0.6 is 0 Å². The summed E-state index contributed by atoms with van der Waals surface area (Å²) in [5, 5.41) is 6.53. The molecule has 0 spiro atoms. The Morgan fingerprint density at radius 1 is 0.905 bits per heavy atom. The number of esters is 1. The lowest BCUT2D eigenvalue weighted by Crippen LogP contribution is -2.74. The third kappa shape index (κ3) is 4.69. The van der Waals surface area contributed by atoms with Gasteiger partial charge in [-0.2, -0.15) is 5.10 Å². The first kappa shape index (κ1) is 28.1. The maximum Gasteiger partial charge on any atom is 0.354 e. The molecule has 12 nitrogen and oxygen atoms in total. The van der Waals surface area contributed by atoms with Crippen LogP contribution in [0.1, 0.15) is 13.3 Å². The van der Waals surface area contributed by atoms with Gasteiger partial charge in [0.05, 0.1) is 45.1 Å². The molecule has 2 aromatic carbocycles. The van der Waals surface area contributed by atoms with E-state index < -0.39 is 17.6 Å². The van der Waals surface area contributed by atoms with Crippen molar-refractivity contribution in [2.45, 2.75) is 19.0 Å². The Labute approximate surface area is 244 Å². The van der Waals surface area contributed by atoms with Crippen LogP contribution < -0.4 is 19.5 Å². The van der Waals surface area contributed by atoms with Crippen molar-refractivity contribution in [1.29, 1.82) is 0 Å². The minimum atomic E-state index is -1.31. The van der Waals surface area contributed by atoms with E-state index in [0.717, 1.165) is 5.69 Å². The van der Waals surface area contributed by atoms with Gasteiger partial charge in [-0.25, -0.2) is 9.80 Å². The summed E-state index contributed by atoms with van der Waals surface area (Å²) < 4.78 is 21.7. The zero-order valence-corrected chi connectivity index (χ0v) is 23.9. The third-order valence-electron chi connectivity index (χ3n) is 8.30. The van der Waals surface area contributed by atoms with Crippen LogP contribution in [0.2, 0.25) is 0 Å². The molecule has 0 saturated carbocycles. The van der Waals surface area contributed by atoms with Crippen LogP contribution in [-0.4, -0.2) is 100 Å². The Kier molecular flexibility index (Phi) is 7.84. The second kappa shape index (κ2) is 11.7. The molecule has 12 heteroatoms. The number of anilines is 3. The molecular formula is C30H35N5O7. The summed E-state index contributed by atoms with van der Waals surface area (Å²) in [6.45, 7) is 5.25. The Balaban J connectivity index is 1.42. The average molecular weight is 578 g/mol. The first-order chi connectivity index (χ1) is 20.5. The molecule has 0 bridgehead atoms. The number of benzene rings is 2. The number of fused-ring (bicyclic) bond motifs is 1. The number of ether oxygens (including phenoxy) is 4. The van der Waals surface area contributed by atoms with Gasteiger partial charge < -0.3 is 28.7 Å². The molecule has 2 aromatic rings. The van der Waals surface area contributed by atoms with Gasteiger partial charge in [0, 0.05) is 37.6 Å². The Morgan fingerprint density at radius 2 is 1.55 bits per heavy atom. The van der Waals surface area contributed by atoms with Crippen molar-refractivity contribution in [3.63, 3.8) is 0 Å². The number of carbonyl (C=O) groups excluding carboxylic acids is 3. The van der Waals surface area contributed by atoms with Crippen molar-refractivity contribution in [3.05, 3.63) is 48.5 Å². The van der Waals surface area contributed by atoms with Crippen LogP contribution in [0.25, 0.3) is 0 Å². The summed E-state index contributed by atoms with van der Waals surface area (Å²) >= 11 is 0. The average Bonchev–Trinajstić information content (AvgIpc) is 3.39. The highest BCUT2D eigenvalue weighted by Crippen LogP contribution is 2.47. The molecule has 0 radical (unpaired) electrons. The molecule has 42 heavy (non-hydrogen) atoms. The minimum absolute atomic E-state index is 0.0554. The highest BCUT2D eigenvalue weighted by molar-refractivity contribution is 6.40. The molecule has 222 valence electrons. The molecule has 2 unspecified atom stereocenters. The van der Waals surface area contributed by atoms with E-state index in [1.165, 1.54) is 0 Å². The van der Waals surface area contributed by atoms with Gasteiger partial charge in [0.2, 0.25) is 5.66 Å². The summed E-state index contributed by atoms with van der Waals surface area (Å²) in [5.74, 6) is -0.653. The number of hydrogen-bond donors (Lipinski definition) is 0. The van der Waals surface area contributed by atoms with Gasteiger partial charge in [0.15, 0.2) is 5.71 Å². The van der Waals surface area contributed by atoms with E-state index >= 15 is 0 Å². The zero-order chi connectivity index (χ0) is 29.3.